The van der Waals surface area contributed by atoms with Crippen molar-refractivity contribution in [2.75, 3.05) is 4.90 Å². The third kappa shape index (κ3) is 5.12. The quantitative estimate of drug-likeness (QED) is 0.157. The Morgan fingerprint density at radius 3 is 2.03 bits per heavy atom. The molecule has 9 aromatic rings. The van der Waals surface area contributed by atoms with Crippen molar-refractivity contribution in [1.29, 1.82) is 0 Å². The van der Waals surface area contributed by atoms with Crippen molar-refractivity contribution in [3.63, 3.8) is 0 Å². The van der Waals surface area contributed by atoms with Gasteiger partial charge in [-0.2, -0.15) is 0 Å². The van der Waals surface area contributed by atoms with Crippen molar-refractivity contribution in [3.05, 3.63) is 240 Å². The lowest BCUT2D eigenvalue weighted by molar-refractivity contribution is 0.244. The maximum Gasteiger partial charge on any atom is 0.125 e. The average molecular weight is 756 g/mol. The number of hydrogen-bond acceptors (Lipinski definition) is 2. The molecule has 9 aromatic carbocycles. The molecule has 1 aliphatic heterocycles. The molecule has 2 atom stereocenters. The minimum absolute atomic E-state index is 0.0987. The van der Waals surface area contributed by atoms with E-state index in [1.807, 2.05) is 0 Å². The number of benzene rings is 9. The van der Waals surface area contributed by atoms with Gasteiger partial charge in [-0.1, -0.05) is 158 Å². The Hall–Kier alpha value is -7.16. The van der Waals surface area contributed by atoms with Gasteiger partial charge in [0.05, 0.1) is 11.1 Å². The molecule has 0 spiro atoms. The molecular formula is C57H41NO. The van der Waals surface area contributed by atoms with E-state index in [1.165, 1.54) is 77.3 Å². The van der Waals surface area contributed by atoms with Crippen LogP contribution in [0.2, 0.25) is 0 Å². The van der Waals surface area contributed by atoms with Gasteiger partial charge in [0.2, 0.25) is 0 Å². The molecule has 2 nitrogen and oxygen atoms in total. The van der Waals surface area contributed by atoms with Gasteiger partial charge in [-0.15, -0.1) is 0 Å². The van der Waals surface area contributed by atoms with E-state index < -0.39 is 5.41 Å². The molecule has 2 heteroatoms. The summed E-state index contributed by atoms with van der Waals surface area (Å²) in [6, 6.07) is 74.1. The van der Waals surface area contributed by atoms with Crippen molar-refractivity contribution in [3.8, 4) is 28.0 Å². The number of hydrogen-bond donors (Lipinski definition) is 0. The number of fused-ring (bicyclic) bond motifs is 9. The van der Waals surface area contributed by atoms with Gasteiger partial charge in [0, 0.05) is 22.9 Å². The lowest BCUT2D eigenvalue weighted by Crippen LogP contribution is -2.28. The summed E-state index contributed by atoms with van der Waals surface area (Å²) in [4.78, 5) is 2.43. The zero-order chi connectivity index (χ0) is 38.9. The predicted molar refractivity (Wildman–Crippen MR) is 244 cm³/mol. The molecule has 12 rings (SSSR count). The summed E-state index contributed by atoms with van der Waals surface area (Å²) in [7, 11) is 0. The number of nitrogens with zero attached hydrogens (tertiary/aromatic N) is 1. The van der Waals surface area contributed by atoms with Crippen LogP contribution in [0.5, 0.6) is 5.75 Å². The van der Waals surface area contributed by atoms with Crippen LogP contribution in [-0.2, 0) is 5.41 Å². The maximum atomic E-state index is 6.53. The van der Waals surface area contributed by atoms with Crippen LogP contribution in [0.3, 0.4) is 0 Å². The minimum atomic E-state index is -0.493. The molecule has 2 unspecified atom stereocenters. The molecule has 0 saturated carbocycles. The highest BCUT2D eigenvalue weighted by Gasteiger charge is 2.48. The summed E-state index contributed by atoms with van der Waals surface area (Å²) >= 11 is 0. The SMILES string of the molecule is C1=CC2Oc3cccc(N(c4ccccc4)c4ccc5cc(-c6cc7ccccc7c7c6-c6ccccc6C7(c6ccccc6)c6ccccc6)ccc5c4)c3C2CC1. The van der Waals surface area contributed by atoms with Crippen LogP contribution in [0.4, 0.5) is 17.1 Å². The van der Waals surface area contributed by atoms with Crippen molar-refractivity contribution >= 4 is 38.6 Å². The van der Waals surface area contributed by atoms with Crippen LogP contribution in [0.25, 0.3) is 43.8 Å². The van der Waals surface area contributed by atoms with Crippen molar-refractivity contribution < 1.29 is 4.74 Å². The fraction of sp³-hybridized carbons (Fsp3) is 0.0877. The third-order valence-corrected chi connectivity index (χ3v) is 13.1. The second kappa shape index (κ2) is 13.5. The summed E-state index contributed by atoms with van der Waals surface area (Å²) < 4.78 is 6.53. The molecule has 2 aliphatic carbocycles. The lowest BCUT2D eigenvalue weighted by atomic mass is 9.66. The molecule has 0 saturated heterocycles. The summed E-state index contributed by atoms with van der Waals surface area (Å²) in [5.41, 5.74) is 14.6. The van der Waals surface area contributed by atoms with Crippen LogP contribution in [-0.4, -0.2) is 6.10 Å². The summed E-state index contributed by atoms with van der Waals surface area (Å²) in [5.74, 6) is 1.35. The van der Waals surface area contributed by atoms with Crippen LogP contribution >= 0.6 is 0 Å². The van der Waals surface area contributed by atoms with Gasteiger partial charge < -0.3 is 9.64 Å². The van der Waals surface area contributed by atoms with E-state index in [-0.39, 0.29) is 6.10 Å². The van der Waals surface area contributed by atoms with Crippen molar-refractivity contribution in [2.24, 2.45) is 0 Å². The molecule has 0 fully saturated rings. The first-order valence-corrected chi connectivity index (χ1v) is 20.9. The second-order valence-corrected chi connectivity index (χ2v) is 16.2. The first-order valence-electron chi connectivity index (χ1n) is 20.9. The second-order valence-electron chi connectivity index (χ2n) is 16.2. The molecule has 0 aromatic heterocycles. The lowest BCUT2D eigenvalue weighted by Gasteiger charge is -2.35. The molecule has 0 N–H and O–H groups in total. The standard InChI is InChI=1S/C57H41NO/c1-4-18-42(19-5-1)57(43-20-6-2-7-21-43)50-27-14-12-25-47(50)54-49(37-40-17-10-11-24-46(40)56(54)57)41-32-31-39-36-45(34-33-38(39)35-41)58(44-22-8-3-9-23-44)51-28-16-30-53-55(51)48-26-13-15-29-52(48)59-53/h1-12,14-25,27-37,48,52H,13,26H2. The number of ether oxygens (including phenoxy) is 1. The van der Waals surface area contributed by atoms with Gasteiger partial charge in [0.15, 0.2) is 0 Å². The van der Waals surface area contributed by atoms with E-state index in [1.54, 1.807) is 0 Å². The Kier molecular flexibility index (Phi) is 7.74. The van der Waals surface area contributed by atoms with Crippen LogP contribution in [0.15, 0.2) is 212 Å². The first kappa shape index (κ1) is 33.9. The van der Waals surface area contributed by atoms with E-state index in [0.717, 1.165) is 30.0 Å². The van der Waals surface area contributed by atoms with Crippen LogP contribution in [0, 0.1) is 0 Å². The fourth-order valence-corrected chi connectivity index (χ4v) is 10.7. The molecule has 1 heterocycles. The third-order valence-electron chi connectivity index (χ3n) is 13.1. The Morgan fingerprint density at radius 2 is 1.22 bits per heavy atom. The van der Waals surface area contributed by atoms with Crippen molar-refractivity contribution in [1.82, 2.24) is 0 Å². The first-order chi connectivity index (χ1) is 29.3. The van der Waals surface area contributed by atoms with Gasteiger partial charge in [0.1, 0.15) is 11.9 Å². The van der Waals surface area contributed by atoms with Crippen LogP contribution < -0.4 is 9.64 Å². The Morgan fingerprint density at radius 1 is 0.525 bits per heavy atom. The fourth-order valence-electron chi connectivity index (χ4n) is 10.7. The van der Waals surface area contributed by atoms with Crippen LogP contribution in [0.1, 0.15) is 46.6 Å². The summed E-state index contributed by atoms with van der Waals surface area (Å²) in [6.45, 7) is 0. The largest absolute Gasteiger partial charge is 0.485 e. The number of rotatable bonds is 6. The highest BCUT2D eigenvalue weighted by molar-refractivity contribution is 6.07. The molecule has 3 aliphatic rings. The summed E-state index contributed by atoms with van der Waals surface area (Å²) in [6.07, 6.45) is 6.79. The topological polar surface area (TPSA) is 12.5 Å². The molecule has 59 heavy (non-hydrogen) atoms. The highest BCUT2D eigenvalue weighted by Crippen LogP contribution is 2.60. The van der Waals surface area contributed by atoms with Gasteiger partial charge in [-0.05, 0) is 134 Å². The Balaban J connectivity index is 1.06. The van der Waals surface area contributed by atoms with Gasteiger partial charge in [-0.3, -0.25) is 0 Å². The maximum absolute atomic E-state index is 6.53. The van der Waals surface area contributed by atoms with Crippen molar-refractivity contribution in [2.45, 2.75) is 30.3 Å². The van der Waals surface area contributed by atoms with Gasteiger partial charge in [-0.25, -0.2) is 0 Å². The molecule has 0 bridgehead atoms. The average Bonchev–Trinajstić information content (AvgIpc) is 3.85. The molecule has 0 radical (unpaired) electrons. The zero-order valence-electron chi connectivity index (χ0n) is 32.6. The Bertz CT molecular complexity index is 3060. The predicted octanol–water partition coefficient (Wildman–Crippen LogP) is 14.7. The van der Waals surface area contributed by atoms with E-state index in [4.69, 9.17) is 4.74 Å². The number of allylic oxidation sites excluding steroid dienone is 1. The smallest absolute Gasteiger partial charge is 0.125 e. The van der Waals surface area contributed by atoms with E-state index in [0.29, 0.717) is 5.92 Å². The monoisotopic (exact) mass is 755 g/mol. The van der Waals surface area contributed by atoms with Gasteiger partial charge in [0.25, 0.3) is 0 Å². The number of anilines is 3. The normalized spacial score (nSPS) is 16.9. The van der Waals surface area contributed by atoms with Gasteiger partial charge >= 0.3 is 0 Å². The molecule has 280 valence electrons. The van der Waals surface area contributed by atoms with E-state index in [9.17, 15) is 0 Å². The minimum Gasteiger partial charge on any atom is -0.485 e. The zero-order valence-corrected chi connectivity index (χ0v) is 32.6. The molecular weight excluding hydrogens is 715 g/mol. The molecule has 0 amide bonds. The number of para-hydroxylation sites is 1. The van der Waals surface area contributed by atoms with E-state index in [2.05, 4.69) is 217 Å². The summed E-state index contributed by atoms with van der Waals surface area (Å²) in [5, 5.41) is 4.95. The highest BCUT2D eigenvalue weighted by atomic mass is 16.5. The van der Waals surface area contributed by atoms with E-state index >= 15 is 0 Å². The Labute approximate surface area is 345 Å².